The average molecular weight is 729 g/mol. The van der Waals surface area contributed by atoms with Crippen LogP contribution in [0.25, 0.3) is 0 Å². The lowest BCUT2D eigenvalue weighted by atomic mass is 10.2. The Balaban J connectivity index is 0.00000924. The summed E-state index contributed by atoms with van der Waals surface area (Å²) >= 11 is 5.89. The summed E-state index contributed by atoms with van der Waals surface area (Å²) in [5.41, 5.74) is 6.29. The summed E-state index contributed by atoms with van der Waals surface area (Å²) in [6.07, 6.45) is 9.99. The predicted molar refractivity (Wildman–Crippen MR) is 161 cm³/mol. The standard InChI is InChI=1S/C30H41ClN6O5.HI/c1-30(2,3)42-29(39)34-17-7-6-10-27(38)41-23-36-19-15-25(16-20-36)37(28(33)35-22-32)18-8-4-5-9-21-40-26-13-11-24(31)12-14-26;/h11-16,19-20H,4-10,17-18,21,23H2,1-3H3,(H2-,33,34,35,39);1H. The van der Waals surface area contributed by atoms with Crippen LogP contribution in [-0.2, 0) is 21.0 Å². The van der Waals surface area contributed by atoms with Crippen molar-refractivity contribution < 1.29 is 52.3 Å². The average Bonchev–Trinajstić information content (AvgIpc) is 2.94. The van der Waals surface area contributed by atoms with Gasteiger partial charge in [0.05, 0.1) is 12.3 Å². The van der Waals surface area contributed by atoms with Gasteiger partial charge in [0.15, 0.2) is 12.4 Å². The van der Waals surface area contributed by atoms with Gasteiger partial charge in [-0.2, -0.15) is 9.83 Å². The maximum absolute atomic E-state index is 12.1. The van der Waals surface area contributed by atoms with Crippen LogP contribution >= 0.6 is 11.6 Å². The lowest BCUT2D eigenvalue weighted by Gasteiger charge is -2.22. The van der Waals surface area contributed by atoms with Gasteiger partial charge in [0.25, 0.3) is 6.73 Å². The van der Waals surface area contributed by atoms with E-state index in [0.717, 1.165) is 37.1 Å². The summed E-state index contributed by atoms with van der Waals surface area (Å²) in [4.78, 5) is 29.2. The number of ether oxygens (including phenoxy) is 3. The number of anilines is 1. The van der Waals surface area contributed by atoms with Crippen LogP contribution in [0, 0.1) is 11.5 Å². The minimum Gasteiger partial charge on any atom is -1.00 e. The summed E-state index contributed by atoms with van der Waals surface area (Å²) in [7, 11) is 0. The van der Waals surface area contributed by atoms with Crippen LogP contribution in [0.1, 0.15) is 65.7 Å². The highest BCUT2D eigenvalue weighted by atomic mass is 127. The summed E-state index contributed by atoms with van der Waals surface area (Å²) in [5.74, 6) is 0.593. The van der Waals surface area contributed by atoms with E-state index in [2.05, 4.69) is 10.3 Å². The molecule has 1 aromatic heterocycles. The first kappa shape index (κ1) is 37.7. The molecule has 1 amide bonds. The number of nitrogens with one attached hydrogen (secondary N) is 1. The van der Waals surface area contributed by atoms with E-state index in [0.29, 0.717) is 37.6 Å². The van der Waals surface area contributed by atoms with Gasteiger partial charge in [-0.1, -0.05) is 24.4 Å². The van der Waals surface area contributed by atoms with Gasteiger partial charge < -0.3 is 54.1 Å². The normalized spacial score (nSPS) is 11.1. The van der Waals surface area contributed by atoms with Crippen molar-refractivity contribution >= 4 is 35.3 Å². The SMILES string of the molecule is CC(C)(C)OC(=O)NCCCCC(=O)OC[n+]1ccc(N(CCCCCCOc2ccc(Cl)cc2)C(N)=NC#N)cc1.[I-]. The number of carbonyl (C=O) groups is 2. The summed E-state index contributed by atoms with van der Waals surface area (Å²) in [6.45, 7) is 7.10. The number of aliphatic imine (C=N–C) groups is 1. The molecule has 236 valence electrons. The van der Waals surface area contributed by atoms with Crippen LogP contribution in [0.4, 0.5) is 10.5 Å². The third-order valence-electron chi connectivity index (χ3n) is 5.84. The molecule has 0 fully saturated rings. The Hall–Kier alpha value is -3.31. The molecule has 1 heterocycles. The lowest BCUT2D eigenvalue weighted by Crippen LogP contribution is -3.00. The van der Waals surface area contributed by atoms with Gasteiger partial charge in [0, 0.05) is 36.7 Å². The number of nitrogens with two attached hydrogens (primary N) is 1. The van der Waals surface area contributed by atoms with Gasteiger partial charge >= 0.3 is 12.1 Å². The molecule has 0 aliphatic carbocycles. The molecule has 0 aliphatic heterocycles. The maximum atomic E-state index is 12.1. The largest absolute Gasteiger partial charge is 1.00 e. The predicted octanol–water partition coefficient (Wildman–Crippen LogP) is 2.07. The number of hydrogen-bond acceptors (Lipinski definition) is 7. The quantitative estimate of drug-likeness (QED) is 0.0509. The van der Waals surface area contributed by atoms with Crippen molar-refractivity contribution in [1.82, 2.24) is 5.32 Å². The number of amides is 1. The highest BCUT2D eigenvalue weighted by Gasteiger charge is 2.16. The number of aromatic nitrogens is 1. The fourth-order valence-corrected chi connectivity index (χ4v) is 3.89. The number of halogens is 2. The van der Waals surface area contributed by atoms with E-state index in [-0.39, 0.29) is 49.1 Å². The van der Waals surface area contributed by atoms with Gasteiger partial charge in [0.2, 0.25) is 12.2 Å². The van der Waals surface area contributed by atoms with E-state index < -0.39 is 11.7 Å². The van der Waals surface area contributed by atoms with Gasteiger partial charge in [0.1, 0.15) is 11.4 Å². The van der Waals surface area contributed by atoms with Crippen molar-refractivity contribution in [2.24, 2.45) is 10.7 Å². The Labute approximate surface area is 276 Å². The minimum absolute atomic E-state index is 0. The zero-order chi connectivity index (χ0) is 30.8. The maximum Gasteiger partial charge on any atom is 0.407 e. The minimum atomic E-state index is -0.547. The van der Waals surface area contributed by atoms with Gasteiger partial charge in [-0.05, 0) is 70.7 Å². The first-order valence-electron chi connectivity index (χ1n) is 14.1. The van der Waals surface area contributed by atoms with Gasteiger partial charge in [-0.15, -0.1) is 4.99 Å². The topological polar surface area (TPSA) is 143 Å². The van der Waals surface area contributed by atoms with Crippen LogP contribution in [0.3, 0.4) is 0 Å². The molecule has 3 N–H and O–H groups in total. The van der Waals surface area contributed by atoms with E-state index in [9.17, 15) is 9.59 Å². The molecule has 1 aromatic carbocycles. The number of rotatable bonds is 16. The smallest absolute Gasteiger partial charge is 0.407 e. The van der Waals surface area contributed by atoms with Crippen molar-refractivity contribution in [3.8, 4) is 11.9 Å². The molecule has 0 spiro atoms. The molecule has 0 bridgehead atoms. The fourth-order valence-electron chi connectivity index (χ4n) is 3.77. The van der Waals surface area contributed by atoms with E-state index in [1.807, 2.05) is 24.3 Å². The molecule has 2 aromatic rings. The van der Waals surface area contributed by atoms with Crippen molar-refractivity contribution in [3.63, 3.8) is 0 Å². The highest BCUT2D eigenvalue weighted by molar-refractivity contribution is 6.30. The number of pyridine rings is 1. The third-order valence-corrected chi connectivity index (χ3v) is 6.09. The van der Waals surface area contributed by atoms with Gasteiger partial charge in [-0.25, -0.2) is 4.79 Å². The van der Waals surface area contributed by atoms with Crippen molar-refractivity contribution in [1.29, 1.82) is 5.26 Å². The number of alkyl carbamates (subject to hydrolysis) is 1. The number of benzene rings is 1. The second kappa shape index (κ2) is 20.6. The van der Waals surface area contributed by atoms with Crippen LogP contribution in [-0.4, -0.2) is 43.3 Å². The molecule has 11 nitrogen and oxygen atoms in total. The van der Waals surface area contributed by atoms with Crippen LogP contribution in [0.5, 0.6) is 5.75 Å². The number of unbranched alkanes of at least 4 members (excludes halogenated alkanes) is 4. The summed E-state index contributed by atoms with van der Waals surface area (Å²) < 4.78 is 18.0. The molecule has 0 aliphatic rings. The second-order valence-electron chi connectivity index (χ2n) is 10.5. The Morgan fingerprint density at radius 1 is 1.05 bits per heavy atom. The molecule has 0 unspecified atom stereocenters. The van der Waals surface area contributed by atoms with E-state index in [1.54, 1.807) is 61.0 Å². The van der Waals surface area contributed by atoms with Gasteiger partial charge in [-0.3, -0.25) is 4.79 Å². The number of esters is 1. The Morgan fingerprint density at radius 3 is 2.37 bits per heavy atom. The van der Waals surface area contributed by atoms with Crippen molar-refractivity contribution in [2.75, 3.05) is 24.6 Å². The molecule has 2 rings (SSSR count). The number of guanidine groups is 1. The Morgan fingerprint density at radius 2 is 1.72 bits per heavy atom. The molecule has 0 radical (unpaired) electrons. The van der Waals surface area contributed by atoms with E-state index in [4.69, 9.17) is 36.8 Å². The van der Waals surface area contributed by atoms with Crippen molar-refractivity contribution in [2.45, 2.75) is 78.0 Å². The van der Waals surface area contributed by atoms with Crippen molar-refractivity contribution in [3.05, 3.63) is 53.8 Å². The van der Waals surface area contributed by atoms with Crippen LogP contribution in [0.15, 0.2) is 53.8 Å². The summed E-state index contributed by atoms with van der Waals surface area (Å²) in [6, 6.07) is 11.0. The molecular formula is C30H42ClIN6O5. The zero-order valence-electron chi connectivity index (χ0n) is 25.1. The van der Waals surface area contributed by atoms with E-state index >= 15 is 0 Å². The third kappa shape index (κ3) is 16.8. The van der Waals surface area contributed by atoms with Crippen LogP contribution in [0.2, 0.25) is 5.02 Å². The van der Waals surface area contributed by atoms with E-state index in [1.165, 1.54) is 0 Å². The molecule has 0 saturated carbocycles. The highest BCUT2D eigenvalue weighted by Crippen LogP contribution is 2.17. The molecule has 0 atom stereocenters. The molecule has 0 saturated heterocycles. The van der Waals surface area contributed by atoms with Crippen LogP contribution < -0.4 is 49.2 Å². The first-order valence-corrected chi connectivity index (χ1v) is 14.4. The molecule has 13 heteroatoms. The Bertz CT molecular complexity index is 1180. The number of nitriles is 1. The first-order chi connectivity index (χ1) is 20.1. The summed E-state index contributed by atoms with van der Waals surface area (Å²) in [5, 5.41) is 12.3. The molecular weight excluding hydrogens is 687 g/mol. The molecule has 43 heavy (non-hydrogen) atoms. The zero-order valence-corrected chi connectivity index (χ0v) is 28.0. The number of carbonyl (C=O) groups excluding carboxylic acids is 2. The number of hydrogen-bond donors (Lipinski definition) is 2. The fraction of sp³-hybridized carbons (Fsp3) is 0.500. The Kier molecular flexibility index (Phi) is 18.0. The monoisotopic (exact) mass is 728 g/mol. The lowest BCUT2D eigenvalue weighted by molar-refractivity contribution is -0.727. The number of nitrogens with zero attached hydrogens (tertiary/aromatic N) is 4. The second-order valence-corrected chi connectivity index (χ2v) is 11.0.